The summed E-state index contributed by atoms with van der Waals surface area (Å²) in [6.45, 7) is 5.06. The fourth-order valence-electron chi connectivity index (χ4n) is 1.71. The summed E-state index contributed by atoms with van der Waals surface area (Å²) in [6.07, 6.45) is 0. The summed E-state index contributed by atoms with van der Waals surface area (Å²) in [5.41, 5.74) is 0.998. The zero-order chi connectivity index (χ0) is 14.3. The van der Waals surface area contributed by atoms with Crippen molar-refractivity contribution >= 4 is 5.97 Å². The number of hydrogen-bond donors (Lipinski definition) is 0. The number of ether oxygens (including phenoxy) is 1. The van der Waals surface area contributed by atoms with E-state index in [0.29, 0.717) is 30.8 Å². The number of carbonyl (C=O) groups is 1. The van der Waals surface area contributed by atoms with Crippen LogP contribution in [0, 0.1) is 17.1 Å². The third-order valence-corrected chi connectivity index (χ3v) is 2.69. The number of hydrogen-bond acceptors (Lipinski definition) is 4. The van der Waals surface area contributed by atoms with Gasteiger partial charge in [-0.25, -0.2) is 4.39 Å². The van der Waals surface area contributed by atoms with Gasteiger partial charge >= 0.3 is 5.97 Å². The zero-order valence-corrected chi connectivity index (χ0v) is 11.1. The van der Waals surface area contributed by atoms with Crippen LogP contribution in [-0.4, -0.2) is 30.6 Å². The second-order valence-electron chi connectivity index (χ2n) is 4.02. The predicted molar refractivity (Wildman–Crippen MR) is 68.7 cm³/mol. The van der Waals surface area contributed by atoms with E-state index in [1.54, 1.807) is 11.8 Å². The number of benzene rings is 1. The Morgan fingerprint density at radius 3 is 2.79 bits per heavy atom. The molecule has 1 rings (SSSR count). The molecule has 102 valence electrons. The van der Waals surface area contributed by atoms with Crippen molar-refractivity contribution in [3.63, 3.8) is 0 Å². The highest BCUT2D eigenvalue weighted by Crippen LogP contribution is 2.13. The van der Waals surface area contributed by atoms with E-state index < -0.39 is 0 Å². The van der Waals surface area contributed by atoms with Gasteiger partial charge in [0.1, 0.15) is 5.82 Å². The lowest BCUT2D eigenvalue weighted by Crippen LogP contribution is -2.30. The van der Waals surface area contributed by atoms with Crippen molar-refractivity contribution in [1.82, 2.24) is 4.90 Å². The Kier molecular flexibility index (Phi) is 5.97. The molecule has 0 aliphatic rings. The molecule has 0 aliphatic carbocycles. The van der Waals surface area contributed by atoms with Crippen LogP contribution >= 0.6 is 0 Å². The van der Waals surface area contributed by atoms with E-state index in [9.17, 15) is 9.18 Å². The van der Waals surface area contributed by atoms with Gasteiger partial charge in [-0.3, -0.25) is 9.69 Å². The van der Waals surface area contributed by atoms with Gasteiger partial charge in [0.05, 0.1) is 24.8 Å². The van der Waals surface area contributed by atoms with E-state index in [-0.39, 0.29) is 18.3 Å². The Morgan fingerprint density at radius 2 is 2.21 bits per heavy atom. The van der Waals surface area contributed by atoms with Crippen LogP contribution in [0.4, 0.5) is 4.39 Å². The first-order valence-corrected chi connectivity index (χ1v) is 6.17. The maximum atomic E-state index is 13.2. The first kappa shape index (κ1) is 15.1. The fourth-order valence-corrected chi connectivity index (χ4v) is 1.71. The lowest BCUT2D eigenvalue weighted by atomic mass is 10.1. The summed E-state index contributed by atoms with van der Waals surface area (Å²) < 4.78 is 18.1. The first-order valence-electron chi connectivity index (χ1n) is 6.17. The summed E-state index contributed by atoms with van der Waals surface area (Å²) >= 11 is 0. The number of esters is 1. The van der Waals surface area contributed by atoms with Crippen LogP contribution in [0.2, 0.25) is 0 Å². The van der Waals surface area contributed by atoms with Gasteiger partial charge in [-0.15, -0.1) is 0 Å². The van der Waals surface area contributed by atoms with E-state index in [2.05, 4.69) is 0 Å². The van der Waals surface area contributed by atoms with Crippen LogP contribution in [0.5, 0.6) is 0 Å². The molecule has 0 aromatic heterocycles. The van der Waals surface area contributed by atoms with Gasteiger partial charge in [-0.05, 0) is 37.2 Å². The molecule has 0 radical (unpaired) electrons. The van der Waals surface area contributed by atoms with Crippen molar-refractivity contribution in [2.45, 2.75) is 20.4 Å². The topological polar surface area (TPSA) is 53.3 Å². The molecule has 19 heavy (non-hydrogen) atoms. The number of halogens is 1. The predicted octanol–water partition coefficient (Wildman–Crippen LogP) is 2.08. The second-order valence-corrected chi connectivity index (χ2v) is 4.02. The first-order chi connectivity index (χ1) is 9.10. The molecule has 0 heterocycles. The van der Waals surface area contributed by atoms with Crippen LogP contribution < -0.4 is 0 Å². The van der Waals surface area contributed by atoms with Gasteiger partial charge in [0.15, 0.2) is 0 Å². The lowest BCUT2D eigenvalue weighted by Gasteiger charge is -2.19. The quantitative estimate of drug-likeness (QED) is 0.738. The average Bonchev–Trinajstić information content (AvgIpc) is 2.38. The average molecular weight is 264 g/mol. The molecule has 1 aromatic carbocycles. The van der Waals surface area contributed by atoms with E-state index >= 15 is 0 Å². The largest absolute Gasteiger partial charge is 0.465 e. The minimum Gasteiger partial charge on any atom is -0.465 e. The molecule has 0 saturated carbocycles. The van der Waals surface area contributed by atoms with Crippen LogP contribution in [0.1, 0.15) is 25.0 Å². The van der Waals surface area contributed by atoms with Gasteiger partial charge in [-0.2, -0.15) is 5.26 Å². The highest BCUT2D eigenvalue weighted by atomic mass is 19.1. The summed E-state index contributed by atoms with van der Waals surface area (Å²) in [5, 5.41) is 8.98. The maximum absolute atomic E-state index is 13.2. The molecule has 0 fully saturated rings. The van der Waals surface area contributed by atoms with Crippen molar-refractivity contribution in [2.75, 3.05) is 19.7 Å². The molecule has 0 bridgehead atoms. The molecule has 0 N–H and O–H groups in total. The molecule has 0 unspecified atom stereocenters. The third kappa shape index (κ3) is 4.68. The maximum Gasteiger partial charge on any atom is 0.320 e. The molecule has 0 amide bonds. The van der Waals surface area contributed by atoms with Crippen molar-refractivity contribution < 1.29 is 13.9 Å². The molecule has 0 aliphatic heterocycles. The third-order valence-electron chi connectivity index (χ3n) is 2.69. The number of rotatable bonds is 6. The Labute approximate surface area is 112 Å². The van der Waals surface area contributed by atoms with E-state index in [0.717, 1.165) is 0 Å². The Hall–Kier alpha value is -1.93. The number of likely N-dealkylation sites (N-methyl/N-ethyl adjacent to an activating group) is 1. The Bertz CT molecular complexity index is 483. The molecule has 5 heteroatoms. The van der Waals surface area contributed by atoms with Crippen molar-refractivity contribution in [3.05, 3.63) is 35.1 Å². The van der Waals surface area contributed by atoms with Crippen molar-refractivity contribution in [3.8, 4) is 6.07 Å². The second kappa shape index (κ2) is 7.49. The van der Waals surface area contributed by atoms with Crippen LogP contribution in [-0.2, 0) is 16.1 Å². The zero-order valence-electron chi connectivity index (χ0n) is 11.1. The molecule has 1 aromatic rings. The summed E-state index contributed by atoms with van der Waals surface area (Å²) in [5.74, 6) is -0.708. The molecule has 4 nitrogen and oxygen atoms in total. The van der Waals surface area contributed by atoms with Crippen LogP contribution in [0.15, 0.2) is 18.2 Å². The summed E-state index contributed by atoms with van der Waals surface area (Å²) in [4.78, 5) is 13.2. The minimum atomic E-state index is -0.388. The smallest absolute Gasteiger partial charge is 0.320 e. The van der Waals surface area contributed by atoms with E-state index in [4.69, 9.17) is 10.00 Å². The molecular weight excluding hydrogens is 247 g/mol. The minimum absolute atomic E-state index is 0.131. The van der Waals surface area contributed by atoms with E-state index in [1.807, 2.05) is 13.0 Å². The highest BCUT2D eigenvalue weighted by Gasteiger charge is 2.13. The molecule has 0 saturated heterocycles. The normalized spacial score (nSPS) is 10.3. The number of nitrogens with zero attached hydrogens (tertiary/aromatic N) is 2. The molecule has 0 atom stereocenters. The standard InChI is InChI=1S/C14H17FN2O2/c1-3-17(10-14(18)19-4-2)9-12-7-13(15)6-5-11(12)8-16/h5-7H,3-4,9-10H2,1-2H3. The monoisotopic (exact) mass is 264 g/mol. The van der Waals surface area contributed by atoms with Gasteiger partial charge in [0, 0.05) is 6.54 Å². The Morgan fingerprint density at radius 1 is 1.47 bits per heavy atom. The van der Waals surface area contributed by atoms with Crippen molar-refractivity contribution in [1.29, 1.82) is 5.26 Å². The highest BCUT2D eigenvalue weighted by molar-refractivity contribution is 5.71. The van der Waals surface area contributed by atoms with Gasteiger partial charge in [0.2, 0.25) is 0 Å². The van der Waals surface area contributed by atoms with E-state index in [1.165, 1.54) is 18.2 Å². The van der Waals surface area contributed by atoms with Gasteiger partial charge in [-0.1, -0.05) is 6.92 Å². The Balaban J connectivity index is 2.78. The number of carbonyl (C=O) groups excluding carboxylic acids is 1. The molecule has 0 spiro atoms. The number of nitriles is 1. The van der Waals surface area contributed by atoms with Gasteiger partial charge < -0.3 is 4.74 Å². The SMILES string of the molecule is CCOC(=O)CN(CC)Cc1cc(F)ccc1C#N. The van der Waals surface area contributed by atoms with Crippen LogP contribution in [0.25, 0.3) is 0 Å². The lowest BCUT2D eigenvalue weighted by molar-refractivity contribution is -0.144. The van der Waals surface area contributed by atoms with Crippen LogP contribution in [0.3, 0.4) is 0 Å². The summed E-state index contributed by atoms with van der Waals surface area (Å²) in [7, 11) is 0. The fraction of sp³-hybridized carbons (Fsp3) is 0.429. The van der Waals surface area contributed by atoms with Gasteiger partial charge in [0.25, 0.3) is 0 Å². The summed E-state index contributed by atoms with van der Waals surface area (Å²) in [6, 6.07) is 6.05. The van der Waals surface area contributed by atoms with Crippen molar-refractivity contribution in [2.24, 2.45) is 0 Å². The molecular formula is C14H17FN2O2.